The lowest BCUT2D eigenvalue weighted by Crippen LogP contribution is -1.90. The number of hydrogen-bond acceptors (Lipinski definition) is 2. The van der Waals surface area contributed by atoms with Crippen molar-refractivity contribution in [3.05, 3.63) is 24.0 Å². The Morgan fingerprint density at radius 3 is 2.67 bits per heavy atom. The molecule has 0 heterocycles. The molecule has 0 bridgehead atoms. The second-order valence-corrected chi connectivity index (χ2v) is 3.06. The van der Waals surface area contributed by atoms with Crippen LogP contribution in [0.1, 0.15) is 26.7 Å². The van der Waals surface area contributed by atoms with E-state index in [0.717, 1.165) is 24.0 Å². The maximum absolute atomic E-state index is 8.55. The van der Waals surface area contributed by atoms with Gasteiger partial charge in [-0.3, -0.25) is 0 Å². The summed E-state index contributed by atoms with van der Waals surface area (Å²) in [4.78, 5) is 0. The number of aliphatic hydroxyl groups is 1. The average Bonchev–Trinajstić information content (AvgIpc) is 2.00. The zero-order chi connectivity index (χ0) is 9.40. The van der Waals surface area contributed by atoms with E-state index in [1.807, 2.05) is 13.8 Å². The number of allylic oxidation sites excluding steroid dienone is 1. The molecule has 0 aromatic heterocycles. The minimum Gasteiger partial charge on any atom is -0.497 e. The Kier molecular flexibility index (Phi) is 6.48. The predicted molar refractivity (Wildman–Crippen MR) is 50.8 cm³/mol. The van der Waals surface area contributed by atoms with Gasteiger partial charge in [-0.25, -0.2) is 0 Å². The van der Waals surface area contributed by atoms with Crippen molar-refractivity contribution in [2.24, 2.45) is 0 Å². The number of aliphatic hydroxyl groups excluding tert-OH is 1. The van der Waals surface area contributed by atoms with E-state index in [9.17, 15) is 0 Å². The smallest absolute Gasteiger partial charge is 0.108 e. The van der Waals surface area contributed by atoms with Crippen LogP contribution in [0.2, 0.25) is 0 Å². The highest BCUT2D eigenvalue weighted by Crippen LogP contribution is 2.03. The van der Waals surface area contributed by atoms with Crippen LogP contribution in [0.15, 0.2) is 24.0 Å². The summed E-state index contributed by atoms with van der Waals surface area (Å²) in [7, 11) is 0. The van der Waals surface area contributed by atoms with Gasteiger partial charge in [-0.2, -0.15) is 0 Å². The minimum absolute atomic E-state index is 0.242. The largest absolute Gasteiger partial charge is 0.497 e. The molecule has 0 aliphatic rings. The standard InChI is InChI=1S/C10H18O2/c1-9(2)7-12-8-10(3)5-4-6-11/h8,11H,1,4-7H2,2-3H3/b10-8+. The topological polar surface area (TPSA) is 29.5 Å². The van der Waals surface area contributed by atoms with Gasteiger partial charge in [0.05, 0.1) is 6.26 Å². The van der Waals surface area contributed by atoms with Crippen LogP contribution in [-0.4, -0.2) is 18.3 Å². The zero-order valence-corrected chi connectivity index (χ0v) is 7.97. The van der Waals surface area contributed by atoms with Gasteiger partial charge >= 0.3 is 0 Å². The molecular weight excluding hydrogens is 152 g/mol. The Labute approximate surface area is 74.6 Å². The second-order valence-electron chi connectivity index (χ2n) is 3.06. The fraction of sp³-hybridized carbons (Fsp3) is 0.600. The zero-order valence-electron chi connectivity index (χ0n) is 7.97. The van der Waals surface area contributed by atoms with Crippen LogP contribution in [0.5, 0.6) is 0 Å². The Morgan fingerprint density at radius 2 is 2.17 bits per heavy atom. The Morgan fingerprint density at radius 1 is 1.50 bits per heavy atom. The van der Waals surface area contributed by atoms with Crippen molar-refractivity contribution < 1.29 is 9.84 Å². The molecule has 0 saturated heterocycles. The monoisotopic (exact) mass is 170 g/mol. The summed E-state index contributed by atoms with van der Waals surface area (Å²) >= 11 is 0. The van der Waals surface area contributed by atoms with Gasteiger partial charge in [-0.05, 0) is 37.8 Å². The molecular formula is C10H18O2. The van der Waals surface area contributed by atoms with Gasteiger partial charge < -0.3 is 9.84 Å². The first kappa shape index (κ1) is 11.2. The van der Waals surface area contributed by atoms with Crippen molar-refractivity contribution in [2.75, 3.05) is 13.2 Å². The molecule has 0 spiro atoms. The average molecular weight is 170 g/mol. The van der Waals surface area contributed by atoms with Gasteiger partial charge in [0.15, 0.2) is 0 Å². The van der Waals surface area contributed by atoms with E-state index in [-0.39, 0.29) is 6.61 Å². The molecule has 0 aromatic rings. The molecule has 0 saturated carbocycles. The van der Waals surface area contributed by atoms with Crippen LogP contribution in [0.25, 0.3) is 0 Å². The molecule has 0 fully saturated rings. The Hall–Kier alpha value is -0.760. The van der Waals surface area contributed by atoms with E-state index in [1.165, 1.54) is 0 Å². The Balaban J connectivity index is 3.47. The summed E-state index contributed by atoms with van der Waals surface area (Å²) in [5.74, 6) is 0. The van der Waals surface area contributed by atoms with Crippen molar-refractivity contribution >= 4 is 0 Å². The van der Waals surface area contributed by atoms with E-state index in [4.69, 9.17) is 9.84 Å². The molecule has 12 heavy (non-hydrogen) atoms. The lowest BCUT2D eigenvalue weighted by Gasteiger charge is -2.02. The fourth-order valence-electron chi connectivity index (χ4n) is 0.743. The van der Waals surface area contributed by atoms with Crippen molar-refractivity contribution in [2.45, 2.75) is 26.7 Å². The predicted octanol–water partition coefficient (Wildman–Crippen LogP) is 2.26. The van der Waals surface area contributed by atoms with Gasteiger partial charge in [0.1, 0.15) is 6.61 Å². The number of rotatable bonds is 6. The van der Waals surface area contributed by atoms with Crippen LogP contribution in [0.3, 0.4) is 0 Å². The maximum Gasteiger partial charge on any atom is 0.108 e. The third kappa shape index (κ3) is 7.35. The molecule has 0 aliphatic heterocycles. The second kappa shape index (κ2) is 6.92. The number of ether oxygens (including phenoxy) is 1. The summed E-state index contributed by atoms with van der Waals surface area (Å²) < 4.78 is 5.21. The molecule has 0 aliphatic carbocycles. The van der Waals surface area contributed by atoms with Crippen molar-refractivity contribution in [1.29, 1.82) is 0 Å². The van der Waals surface area contributed by atoms with Crippen molar-refractivity contribution in [3.8, 4) is 0 Å². The van der Waals surface area contributed by atoms with E-state index in [0.29, 0.717) is 6.61 Å². The maximum atomic E-state index is 8.55. The highest BCUT2D eigenvalue weighted by molar-refractivity contribution is 4.95. The molecule has 0 rings (SSSR count). The lowest BCUT2D eigenvalue weighted by molar-refractivity contribution is 0.271. The molecule has 0 atom stereocenters. The quantitative estimate of drug-likeness (QED) is 0.489. The van der Waals surface area contributed by atoms with Crippen LogP contribution in [0.4, 0.5) is 0 Å². The van der Waals surface area contributed by atoms with Crippen LogP contribution in [0, 0.1) is 0 Å². The van der Waals surface area contributed by atoms with Crippen LogP contribution in [-0.2, 0) is 4.74 Å². The van der Waals surface area contributed by atoms with Gasteiger partial charge in [-0.1, -0.05) is 6.58 Å². The molecule has 70 valence electrons. The van der Waals surface area contributed by atoms with E-state index in [2.05, 4.69) is 6.58 Å². The molecule has 2 nitrogen and oxygen atoms in total. The normalized spacial score (nSPS) is 11.4. The van der Waals surface area contributed by atoms with Crippen molar-refractivity contribution in [1.82, 2.24) is 0 Å². The van der Waals surface area contributed by atoms with Gasteiger partial charge in [0, 0.05) is 6.61 Å². The van der Waals surface area contributed by atoms with Gasteiger partial charge in [0.25, 0.3) is 0 Å². The molecule has 1 N–H and O–H groups in total. The first-order valence-electron chi connectivity index (χ1n) is 4.19. The first-order chi connectivity index (χ1) is 5.66. The summed E-state index contributed by atoms with van der Waals surface area (Å²) in [6.07, 6.45) is 3.44. The Bertz CT molecular complexity index is 159. The first-order valence-corrected chi connectivity index (χ1v) is 4.19. The third-order valence-corrected chi connectivity index (χ3v) is 1.34. The van der Waals surface area contributed by atoms with E-state index >= 15 is 0 Å². The van der Waals surface area contributed by atoms with Gasteiger partial charge in [0.2, 0.25) is 0 Å². The summed E-state index contributed by atoms with van der Waals surface area (Å²) in [6.45, 7) is 8.46. The molecule has 0 radical (unpaired) electrons. The third-order valence-electron chi connectivity index (χ3n) is 1.34. The van der Waals surface area contributed by atoms with E-state index < -0.39 is 0 Å². The SMILES string of the molecule is C=C(C)CO/C=C(\C)CCCO. The number of hydrogen-bond donors (Lipinski definition) is 1. The van der Waals surface area contributed by atoms with Crippen LogP contribution < -0.4 is 0 Å². The lowest BCUT2D eigenvalue weighted by atomic mass is 10.2. The summed E-state index contributed by atoms with van der Waals surface area (Å²) in [5.41, 5.74) is 2.17. The van der Waals surface area contributed by atoms with Crippen molar-refractivity contribution in [3.63, 3.8) is 0 Å². The molecule has 2 heteroatoms. The highest BCUT2D eigenvalue weighted by atomic mass is 16.5. The van der Waals surface area contributed by atoms with Gasteiger partial charge in [-0.15, -0.1) is 0 Å². The van der Waals surface area contributed by atoms with Crippen LogP contribution >= 0.6 is 0 Å². The summed E-state index contributed by atoms with van der Waals surface area (Å²) in [5, 5.41) is 8.55. The molecule has 0 unspecified atom stereocenters. The minimum atomic E-state index is 0.242. The van der Waals surface area contributed by atoms with E-state index in [1.54, 1.807) is 6.26 Å². The molecule has 0 aromatic carbocycles. The molecule has 0 amide bonds. The fourth-order valence-corrected chi connectivity index (χ4v) is 0.743. The summed E-state index contributed by atoms with van der Waals surface area (Å²) in [6, 6.07) is 0. The highest BCUT2D eigenvalue weighted by Gasteiger charge is 1.89.